The fourth-order valence-electron chi connectivity index (χ4n) is 1.34. The first-order chi connectivity index (χ1) is 6.49. The van der Waals surface area contributed by atoms with E-state index in [-0.39, 0.29) is 5.54 Å². The molecule has 1 N–H and O–H groups in total. The Balaban J connectivity index is 2.43. The molecule has 0 aliphatic rings. The van der Waals surface area contributed by atoms with Crippen LogP contribution in [0.2, 0.25) is 0 Å². The Hall–Kier alpha value is -0.890. The lowest BCUT2D eigenvalue weighted by molar-refractivity contribution is 0.428. The highest BCUT2D eigenvalue weighted by atomic mass is 14.9. The minimum atomic E-state index is 0.197. The maximum absolute atomic E-state index is 4.36. The Morgan fingerprint density at radius 1 is 1.36 bits per heavy atom. The molecule has 0 fully saturated rings. The maximum Gasteiger partial charge on any atom is 0.0445 e. The van der Waals surface area contributed by atoms with Crippen LogP contribution in [0.1, 0.15) is 32.0 Å². The summed E-state index contributed by atoms with van der Waals surface area (Å²) in [6, 6.07) is 4.09. The van der Waals surface area contributed by atoms with Gasteiger partial charge < -0.3 is 5.32 Å². The molecule has 2 heteroatoms. The second kappa shape index (κ2) is 4.56. The van der Waals surface area contributed by atoms with E-state index in [9.17, 15) is 0 Å². The largest absolute Gasteiger partial charge is 0.312 e. The molecule has 0 saturated heterocycles. The van der Waals surface area contributed by atoms with E-state index in [1.165, 1.54) is 11.3 Å². The summed E-state index contributed by atoms with van der Waals surface area (Å²) < 4.78 is 0. The van der Waals surface area contributed by atoms with Crippen LogP contribution < -0.4 is 5.32 Å². The van der Waals surface area contributed by atoms with Gasteiger partial charge in [0, 0.05) is 30.4 Å². The van der Waals surface area contributed by atoms with Gasteiger partial charge in [-0.15, -0.1) is 0 Å². The van der Waals surface area contributed by atoms with Gasteiger partial charge in [0.1, 0.15) is 0 Å². The van der Waals surface area contributed by atoms with Crippen LogP contribution in [0.25, 0.3) is 0 Å². The van der Waals surface area contributed by atoms with Gasteiger partial charge in [-0.3, -0.25) is 4.98 Å². The van der Waals surface area contributed by atoms with Crippen molar-refractivity contribution in [3.63, 3.8) is 0 Å². The summed E-state index contributed by atoms with van der Waals surface area (Å²) in [5.41, 5.74) is 2.68. The molecule has 0 bridgehead atoms. The van der Waals surface area contributed by atoms with Gasteiger partial charge in [-0.1, -0.05) is 6.07 Å². The van der Waals surface area contributed by atoms with Crippen LogP contribution in [-0.2, 0) is 6.42 Å². The zero-order chi connectivity index (χ0) is 10.6. The Morgan fingerprint density at radius 3 is 2.64 bits per heavy atom. The van der Waals surface area contributed by atoms with E-state index >= 15 is 0 Å². The van der Waals surface area contributed by atoms with Crippen molar-refractivity contribution in [3.05, 3.63) is 29.6 Å². The van der Waals surface area contributed by atoms with Gasteiger partial charge in [0.05, 0.1) is 0 Å². The highest BCUT2D eigenvalue weighted by Crippen LogP contribution is 2.04. The van der Waals surface area contributed by atoms with E-state index in [0.717, 1.165) is 13.0 Å². The van der Waals surface area contributed by atoms with Crippen molar-refractivity contribution in [1.82, 2.24) is 10.3 Å². The van der Waals surface area contributed by atoms with Crippen LogP contribution in [0.5, 0.6) is 0 Å². The molecule has 1 heterocycles. The maximum atomic E-state index is 4.36. The molecule has 0 aliphatic heterocycles. The molecule has 0 unspecified atom stereocenters. The van der Waals surface area contributed by atoms with Gasteiger partial charge in [0.15, 0.2) is 0 Å². The summed E-state index contributed by atoms with van der Waals surface area (Å²) in [6.07, 6.45) is 2.86. The standard InChI is InChI=1S/C12H20N2/c1-10-6-5-8-13-11(10)7-9-14-12(2,3)4/h5-6,8,14H,7,9H2,1-4H3. The summed E-state index contributed by atoms with van der Waals surface area (Å²) in [7, 11) is 0. The Bertz CT molecular complexity index is 287. The molecule has 14 heavy (non-hydrogen) atoms. The fourth-order valence-corrected chi connectivity index (χ4v) is 1.34. The van der Waals surface area contributed by atoms with Gasteiger partial charge in [-0.05, 0) is 39.3 Å². The molecule has 0 atom stereocenters. The lowest BCUT2D eigenvalue weighted by atomic mass is 10.1. The van der Waals surface area contributed by atoms with Crippen LogP contribution in [0, 0.1) is 6.92 Å². The van der Waals surface area contributed by atoms with Gasteiger partial charge >= 0.3 is 0 Å². The summed E-state index contributed by atoms with van der Waals surface area (Å²) in [4.78, 5) is 4.36. The molecule has 2 nitrogen and oxygen atoms in total. The zero-order valence-electron chi connectivity index (χ0n) is 9.59. The van der Waals surface area contributed by atoms with Crippen LogP contribution in [0.4, 0.5) is 0 Å². The number of hydrogen-bond acceptors (Lipinski definition) is 2. The summed E-state index contributed by atoms with van der Waals surface area (Å²) in [5.74, 6) is 0. The number of hydrogen-bond donors (Lipinski definition) is 1. The first-order valence-corrected chi connectivity index (χ1v) is 5.14. The van der Waals surface area contributed by atoms with E-state index in [1.54, 1.807) is 0 Å². The highest BCUT2D eigenvalue weighted by Gasteiger charge is 2.08. The van der Waals surface area contributed by atoms with Crippen molar-refractivity contribution in [2.24, 2.45) is 0 Å². The topological polar surface area (TPSA) is 24.9 Å². The summed E-state index contributed by atoms with van der Waals surface area (Å²) in [5, 5.41) is 3.46. The van der Waals surface area contributed by atoms with Crippen LogP contribution in [0.3, 0.4) is 0 Å². The monoisotopic (exact) mass is 192 g/mol. The lowest BCUT2D eigenvalue weighted by Gasteiger charge is -2.20. The van der Waals surface area contributed by atoms with Crippen molar-refractivity contribution >= 4 is 0 Å². The molecule has 0 radical (unpaired) electrons. The predicted molar refractivity (Wildman–Crippen MR) is 60.4 cm³/mol. The molecule has 1 aromatic heterocycles. The van der Waals surface area contributed by atoms with Gasteiger partial charge in [-0.25, -0.2) is 0 Å². The van der Waals surface area contributed by atoms with Crippen molar-refractivity contribution < 1.29 is 0 Å². The highest BCUT2D eigenvalue weighted by molar-refractivity contribution is 5.17. The third-order valence-electron chi connectivity index (χ3n) is 2.13. The Kier molecular flexibility index (Phi) is 3.64. The van der Waals surface area contributed by atoms with Gasteiger partial charge in [0.25, 0.3) is 0 Å². The average Bonchev–Trinajstić information content (AvgIpc) is 2.06. The zero-order valence-corrected chi connectivity index (χ0v) is 9.59. The summed E-state index contributed by atoms with van der Waals surface area (Å²) >= 11 is 0. The average molecular weight is 192 g/mol. The van der Waals surface area contributed by atoms with Crippen LogP contribution >= 0.6 is 0 Å². The van der Waals surface area contributed by atoms with E-state index in [1.807, 2.05) is 12.3 Å². The molecule has 0 aromatic carbocycles. The van der Waals surface area contributed by atoms with Crippen molar-refractivity contribution in [1.29, 1.82) is 0 Å². The van der Waals surface area contributed by atoms with Crippen LogP contribution in [-0.4, -0.2) is 17.1 Å². The molecule has 1 aromatic rings. The first-order valence-electron chi connectivity index (χ1n) is 5.14. The minimum absolute atomic E-state index is 0.197. The molecule has 0 saturated carbocycles. The van der Waals surface area contributed by atoms with E-state index in [0.29, 0.717) is 0 Å². The molecular formula is C12H20N2. The molecular weight excluding hydrogens is 172 g/mol. The van der Waals surface area contributed by atoms with Gasteiger partial charge in [0.2, 0.25) is 0 Å². The molecule has 0 aliphatic carbocycles. The molecule has 0 amide bonds. The third kappa shape index (κ3) is 3.88. The SMILES string of the molecule is Cc1cccnc1CCNC(C)(C)C. The number of aryl methyl sites for hydroxylation is 1. The Labute approximate surface area is 86.8 Å². The molecule has 78 valence electrons. The van der Waals surface area contributed by atoms with E-state index in [2.05, 4.69) is 44.1 Å². The van der Waals surface area contributed by atoms with Gasteiger partial charge in [-0.2, -0.15) is 0 Å². The Morgan fingerprint density at radius 2 is 2.07 bits per heavy atom. The predicted octanol–water partition coefficient (Wildman–Crippen LogP) is 2.32. The summed E-state index contributed by atoms with van der Waals surface area (Å²) in [6.45, 7) is 9.63. The number of nitrogens with one attached hydrogen (secondary N) is 1. The minimum Gasteiger partial charge on any atom is -0.312 e. The molecule has 1 rings (SSSR count). The van der Waals surface area contributed by atoms with E-state index in [4.69, 9.17) is 0 Å². The smallest absolute Gasteiger partial charge is 0.0445 e. The second-order valence-corrected chi connectivity index (χ2v) is 4.69. The van der Waals surface area contributed by atoms with Crippen molar-refractivity contribution in [2.75, 3.05) is 6.54 Å². The first kappa shape index (κ1) is 11.2. The van der Waals surface area contributed by atoms with Crippen molar-refractivity contribution in [2.45, 2.75) is 39.7 Å². The van der Waals surface area contributed by atoms with E-state index < -0.39 is 0 Å². The number of pyridine rings is 1. The lowest BCUT2D eigenvalue weighted by Crippen LogP contribution is -2.37. The quantitative estimate of drug-likeness (QED) is 0.795. The normalized spacial score (nSPS) is 11.7. The fraction of sp³-hybridized carbons (Fsp3) is 0.583. The molecule has 0 spiro atoms. The number of aromatic nitrogens is 1. The van der Waals surface area contributed by atoms with Crippen molar-refractivity contribution in [3.8, 4) is 0 Å². The third-order valence-corrected chi connectivity index (χ3v) is 2.13. The number of rotatable bonds is 3. The second-order valence-electron chi connectivity index (χ2n) is 4.69. The number of nitrogens with zero attached hydrogens (tertiary/aromatic N) is 1. The van der Waals surface area contributed by atoms with Crippen LogP contribution in [0.15, 0.2) is 18.3 Å².